The van der Waals surface area contributed by atoms with Gasteiger partial charge in [-0.2, -0.15) is 10.5 Å². The van der Waals surface area contributed by atoms with Crippen LogP contribution in [0.3, 0.4) is 0 Å². The zero-order valence-electron chi connectivity index (χ0n) is 19.6. The SMILES string of the molecule is CC1=C(C)CC=C1.CC1=C(C)CC=C1.N#Cc1cccc(O)c1.N#Cc1cccc(O)c1.[Zr]. The first-order chi connectivity index (χ1) is 15.3. The molecule has 2 aromatic carbocycles. The normalized spacial score (nSPS) is 12.7. The number of nitrogens with zero attached hydrogens (tertiary/aromatic N) is 2. The smallest absolute Gasteiger partial charge is 0.116 e. The van der Waals surface area contributed by atoms with Crippen molar-refractivity contribution in [2.75, 3.05) is 0 Å². The van der Waals surface area contributed by atoms with E-state index in [0.717, 1.165) is 0 Å². The number of aromatic hydroxyl groups is 2. The van der Waals surface area contributed by atoms with Crippen LogP contribution in [0.25, 0.3) is 0 Å². The first-order valence-electron chi connectivity index (χ1n) is 10.3. The molecule has 0 heterocycles. The van der Waals surface area contributed by atoms with Gasteiger partial charge >= 0.3 is 0 Å². The Bertz CT molecular complexity index is 1020. The second kappa shape index (κ2) is 16.5. The van der Waals surface area contributed by atoms with E-state index in [4.69, 9.17) is 20.7 Å². The van der Waals surface area contributed by atoms with Gasteiger partial charge in [0.1, 0.15) is 11.5 Å². The second-order valence-electron chi connectivity index (χ2n) is 7.46. The van der Waals surface area contributed by atoms with E-state index in [1.807, 2.05) is 12.1 Å². The first kappa shape index (κ1) is 29.9. The van der Waals surface area contributed by atoms with E-state index in [1.54, 1.807) is 24.3 Å². The van der Waals surface area contributed by atoms with Crippen LogP contribution in [0.4, 0.5) is 0 Å². The third-order valence-corrected chi connectivity index (χ3v) is 4.88. The van der Waals surface area contributed by atoms with Gasteiger partial charge in [0, 0.05) is 26.2 Å². The summed E-state index contributed by atoms with van der Waals surface area (Å²) in [6.07, 6.45) is 11.1. The van der Waals surface area contributed by atoms with Gasteiger partial charge in [-0.15, -0.1) is 0 Å². The third-order valence-electron chi connectivity index (χ3n) is 4.88. The molecule has 33 heavy (non-hydrogen) atoms. The Morgan fingerprint density at radius 1 is 0.667 bits per heavy atom. The number of phenols is 2. The van der Waals surface area contributed by atoms with Gasteiger partial charge in [-0.05, 0) is 76.9 Å². The third kappa shape index (κ3) is 12.5. The molecule has 168 valence electrons. The van der Waals surface area contributed by atoms with Gasteiger partial charge in [0.2, 0.25) is 0 Å². The molecular weight excluding hydrogens is 488 g/mol. The van der Waals surface area contributed by atoms with E-state index in [-0.39, 0.29) is 37.7 Å². The number of hydrogen-bond donors (Lipinski definition) is 2. The van der Waals surface area contributed by atoms with Gasteiger partial charge in [-0.1, -0.05) is 58.7 Å². The predicted molar refractivity (Wildman–Crippen MR) is 130 cm³/mol. The molecule has 0 atom stereocenters. The van der Waals surface area contributed by atoms with Crippen molar-refractivity contribution in [3.63, 3.8) is 0 Å². The summed E-state index contributed by atoms with van der Waals surface area (Å²) in [5.74, 6) is 0.267. The fraction of sp³-hybridized carbons (Fsp3) is 0.214. The molecule has 0 unspecified atom stereocenters. The average Bonchev–Trinajstić information content (AvgIpc) is 3.35. The molecule has 0 aromatic heterocycles. The molecule has 0 fully saturated rings. The Labute approximate surface area is 216 Å². The van der Waals surface area contributed by atoms with Crippen molar-refractivity contribution in [2.24, 2.45) is 0 Å². The minimum Gasteiger partial charge on any atom is -0.508 e. The van der Waals surface area contributed by atoms with Crippen LogP contribution in [0.15, 0.2) is 95.1 Å². The summed E-state index contributed by atoms with van der Waals surface area (Å²) in [5.41, 5.74) is 6.88. The average molecular weight is 518 g/mol. The first-order valence-corrected chi connectivity index (χ1v) is 10.3. The van der Waals surface area contributed by atoms with E-state index in [1.165, 1.54) is 59.4 Å². The van der Waals surface area contributed by atoms with Crippen LogP contribution in [0.2, 0.25) is 0 Å². The van der Waals surface area contributed by atoms with Gasteiger partial charge in [-0.3, -0.25) is 0 Å². The van der Waals surface area contributed by atoms with Crippen LogP contribution in [0.1, 0.15) is 51.7 Å². The summed E-state index contributed by atoms with van der Waals surface area (Å²) in [5, 5.41) is 34.2. The molecule has 0 saturated carbocycles. The van der Waals surface area contributed by atoms with Gasteiger partial charge < -0.3 is 10.2 Å². The Kier molecular flexibility index (Phi) is 14.9. The zero-order valence-corrected chi connectivity index (χ0v) is 22.1. The van der Waals surface area contributed by atoms with E-state index >= 15 is 0 Å². The molecule has 5 heteroatoms. The van der Waals surface area contributed by atoms with Crippen LogP contribution in [0, 0.1) is 22.7 Å². The van der Waals surface area contributed by atoms with E-state index in [2.05, 4.69) is 52.0 Å². The summed E-state index contributed by atoms with van der Waals surface area (Å²) >= 11 is 0. The molecule has 2 aliphatic rings. The fourth-order valence-corrected chi connectivity index (χ4v) is 2.58. The molecule has 0 amide bonds. The summed E-state index contributed by atoms with van der Waals surface area (Å²) < 4.78 is 0. The van der Waals surface area contributed by atoms with Crippen LogP contribution in [-0.2, 0) is 26.2 Å². The Morgan fingerprint density at radius 2 is 1.03 bits per heavy atom. The minimum atomic E-state index is 0. The standard InChI is InChI=1S/2C7H5NO.2C7H10.Zr/c2*8-5-6-2-1-3-7(9)4-6;2*1-6-4-3-5-7(6)2;/h2*1-4,9H;2*3-4H,5H2,1-2H3;. The predicted octanol–water partition coefficient (Wildman–Crippen LogP) is 7.09. The van der Waals surface area contributed by atoms with Crippen molar-refractivity contribution in [3.8, 4) is 23.6 Å². The summed E-state index contributed by atoms with van der Waals surface area (Å²) in [4.78, 5) is 0. The molecule has 0 bridgehead atoms. The van der Waals surface area contributed by atoms with E-state index < -0.39 is 0 Å². The number of phenolic OH excluding ortho intramolecular Hbond substituents is 2. The van der Waals surface area contributed by atoms with Crippen LogP contribution >= 0.6 is 0 Å². The molecule has 0 spiro atoms. The quantitative estimate of drug-likeness (QED) is 0.390. The van der Waals surface area contributed by atoms with Gasteiger partial charge in [0.15, 0.2) is 0 Å². The van der Waals surface area contributed by atoms with Crippen molar-refractivity contribution < 1.29 is 36.4 Å². The Morgan fingerprint density at radius 3 is 1.18 bits per heavy atom. The number of hydrogen-bond acceptors (Lipinski definition) is 4. The Hall–Kier alpha value is -3.14. The van der Waals surface area contributed by atoms with Gasteiger partial charge in [-0.25, -0.2) is 0 Å². The zero-order chi connectivity index (χ0) is 23.9. The van der Waals surface area contributed by atoms with Crippen molar-refractivity contribution in [1.29, 1.82) is 10.5 Å². The molecule has 2 N–H and O–H groups in total. The molecule has 4 nitrogen and oxygen atoms in total. The molecule has 2 aromatic rings. The topological polar surface area (TPSA) is 88.0 Å². The summed E-state index contributed by atoms with van der Waals surface area (Å²) in [7, 11) is 0. The van der Waals surface area contributed by atoms with Crippen molar-refractivity contribution in [2.45, 2.75) is 40.5 Å². The van der Waals surface area contributed by atoms with Crippen LogP contribution in [0.5, 0.6) is 11.5 Å². The molecule has 2 aliphatic carbocycles. The summed E-state index contributed by atoms with van der Waals surface area (Å²) in [6.45, 7) is 8.66. The fourth-order valence-electron chi connectivity index (χ4n) is 2.58. The number of nitriles is 2. The van der Waals surface area contributed by atoms with Gasteiger partial charge in [0.05, 0.1) is 23.3 Å². The van der Waals surface area contributed by atoms with Gasteiger partial charge in [0.25, 0.3) is 0 Å². The minimum absolute atomic E-state index is 0. The maximum atomic E-state index is 8.79. The largest absolute Gasteiger partial charge is 0.508 e. The number of benzene rings is 2. The molecular formula is C28H30N2O2Zr. The Balaban J connectivity index is 0.000000412. The van der Waals surface area contributed by atoms with E-state index in [0.29, 0.717) is 11.1 Å². The van der Waals surface area contributed by atoms with Crippen molar-refractivity contribution in [3.05, 3.63) is 106 Å². The summed E-state index contributed by atoms with van der Waals surface area (Å²) in [6, 6.07) is 16.2. The molecule has 0 saturated heterocycles. The number of rotatable bonds is 0. The van der Waals surface area contributed by atoms with Crippen molar-refractivity contribution in [1.82, 2.24) is 0 Å². The molecule has 4 rings (SSSR count). The van der Waals surface area contributed by atoms with Crippen LogP contribution < -0.4 is 0 Å². The van der Waals surface area contributed by atoms with Crippen LogP contribution in [-0.4, -0.2) is 10.2 Å². The van der Waals surface area contributed by atoms with E-state index in [9.17, 15) is 0 Å². The monoisotopic (exact) mass is 516 g/mol. The maximum absolute atomic E-state index is 8.79. The molecule has 0 aliphatic heterocycles. The molecule has 0 radical (unpaired) electrons. The second-order valence-corrected chi connectivity index (χ2v) is 7.46. The maximum Gasteiger partial charge on any atom is 0.116 e. The number of allylic oxidation sites excluding steroid dienone is 8. The van der Waals surface area contributed by atoms with Crippen molar-refractivity contribution >= 4 is 0 Å².